The third kappa shape index (κ3) is 6.94. The second-order valence-electron chi connectivity index (χ2n) is 5.37. The van der Waals surface area contributed by atoms with Crippen molar-refractivity contribution in [1.29, 1.82) is 5.41 Å². The second kappa shape index (κ2) is 10.2. The first-order chi connectivity index (χ1) is 10.6. The van der Waals surface area contributed by atoms with Gasteiger partial charge in [-0.3, -0.25) is 5.41 Å². The highest BCUT2D eigenvalue weighted by molar-refractivity contribution is 6.30. The number of hydrogen-bond donors (Lipinski definition) is 2. The van der Waals surface area contributed by atoms with E-state index in [0.29, 0.717) is 23.1 Å². The third-order valence-corrected chi connectivity index (χ3v) is 3.53. The molecule has 0 heterocycles. The maximum atomic E-state index is 8.17. The van der Waals surface area contributed by atoms with Gasteiger partial charge in [-0.15, -0.1) is 0 Å². The molecule has 0 aliphatic carbocycles. The molecule has 0 aromatic heterocycles. The summed E-state index contributed by atoms with van der Waals surface area (Å²) < 4.78 is 0. The molecule has 22 heavy (non-hydrogen) atoms. The average molecular weight is 323 g/mol. The summed E-state index contributed by atoms with van der Waals surface area (Å²) in [5.41, 5.74) is 6.73. The molecule has 0 radical (unpaired) electrons. The number of hydrogen-bond acceptors (Lipinski definition) is 2. The standard InChI is InChI=1S/C17H27ClN4/c1-3-11-22(12-4-2)17(20)10-6-9-16(19)21-15-8-5-7-14(18)13-15/h5,7-8,13,20H,3-4,6,9-12H2,1-2H3,(H2,19,21). The first-order valence-corrected chi connectivity index (χ1v) is 8.35. The van der Waals surface area contributed by atoms with Crippen molar-refractivity contribution in [2.75, 3.05) is 13.1 Å². The first-order valence-electron chi connectivity index (χ1n) is 7.97. The lowest BCUT2D eigenvalue weighted by Crippen LogP contribution is -2.32. The van der Waals surface area contributed by atoms with E-state index in [1.807, 2.05) is 18.2 Å². The van der Waals surface area contributed by atoms with E-state index < -0.39 is 0 Å². The van der Waals surface area contributed by atoms with E-state index in [2.05, 4.69) is 23.7 Å². The fourth-order valence-corrected chi connectivity index (χ4v) is 2.47. The largest absolute Gasteiger partial charge is 0.387 e. The van der Waals surface area contributed by atoms with Crippen molar-refractivity contribution >= 4 is 29.0 Å². The lowest BCUT2D eigenvalue weighted by Gasteiger charge is -2.24. The lowest BCUT2D eigenvalue weighted by molar-refractivity contribution is 0.404. The molecule has 0 unspecified atom stereocenters. The van der Waals surface area contributed by atoms with Crippen molar-refractivity contribution in [1.82, 2.24) is 4.90 Å². The highest BCUT2D eigenvalue weighted by Gasteiger charge is 2.07. The first kappa shape index (κ1) is 18.5. The molecule has 0 saturated heterocycles. The highest BCUT2D eigenvalue weighted by Crippen LogP contribution is 2.18. The van der Waals surface area contributed by atoms with E-state index in [1.165, 1.54) is 0 Å². The molecule has 4 nitrogen and oxygen atoms in total. The summed E-state index contributed by atoms with van der Waals surface area (Å²) in [6.45, 7) is 6.20. The minimum Gasteiger partial charge on any atom is -0.387 e. The van der Waals surface area contributed by atoms with Crippen LogP contribution in [0.3, 0.4) is 0 Å². The maximum absolute atomic E-state index is 8.17. The fraction of sp³-hybridized carbons (Fsp3) is 0.529. The molecular formula is C17H27ClN4. The van der Waals surface area contributed by atoms with Crippen LogP contribution in [0.25, 0.3) is 0 Å². The summed E-state index contributed by atoms with van der Waals surface area (Å²) in [6.07, 6.45) is 4.42. The van der Waals surface area contributed by atoms with Crippen LogP contribution in [0.2, 0.25) is 5.02 Å². The van der Waals surface area contributed by atoms with E-state index in [4.69, 9.17) is 22.7 Å². The Morgan fingerprint density at radius 1 is 1.23 bits per heavy atom. The van der Waals surface area contributed by atoms with Gasteiger partial charge in [0.15, 0.2) is 0 Å². The van der Waals surface area contributed by atoms with Crippen LogP contribution in [0.15, 0.2) is 29.3 Å². The zero-order valence-electron chi connectivity index (χ0n) is 13.6. The number of nitrogens with zero attached hydrogens (tertiary/aromatic N) is 2. The summed E-state index contributed by atoms with van der Waals surface area (Å²) in [7, 11) is 0. The second-order valence-corrected chi connectivity index (χ2v) is 5.81. The maximum Gasteiger partial charge on any atom is 0.0996 e. The van der Waals surface area contributed by atoms with Crippen LogP contribution in [0.4, 0.5) is 5.69 Å². The molecule has 1 aromatic rings. The number of rotatable bonds is 9. The van der Waals surface area contributed by atoms with Gasteiger partial charge in [0.1, 0.15) is 0 Å². The molecule has 5 heteroatoms. The number of aliphatic imine (C=N–C) groups is 1. The van der Waals surface area contributed by atoms with Gasteiger partial charge in [-0.2, -0.15) is 0 Å². The number of nitrogens with one attached hydrogen (secondary N) is 1. The number of nitrogens with two attached hydrogens (primary N) is 1. The van der Waals surface area contributed by atoms with Crippen LogP contribution in [0, 0.1) is 5.41 Å². The van der Waals surface area contributed by atoms with Crippen LogP contribution in [0.1, 0.15) is 46.0 Å². The molecule has 0 spiro atoms. The molecule has 0 bridgehead atoms. The predicted octanol–water partition coefficient (Wildman–Crippen LogP) is 4.60. The van der Waals surface area contributed by atoms with Crippen molar-refractivity contribution in [3.05, 3.63) is 29.3 Å². The van der Waals surface area contributed by atoms with Crippen LogP contribution in [-0.4, -0.2) is 29.7 Å². The van der Waals surface area contributed by atoms with E-state index in [-0.39, 0.29) is 0 Å². The van der Waals surface area contributed by atoms with Crippen molar-refractivity contribution in [3.63, 3.8) is 0 Å². The van der Waals surface area contributed by atoms with Gasteiger partial charge in [0.05, 0.1) is 17.4 Å². The molecule has 1 rings (SSSR count). The molecule has 0 aliphatic rings. The third-order valence-electron chi connectivity index (χ3n) is 3.30. The Morgan fingerprint density at radius 3 is 2.50 bits per heavy atom. The zero-order valence-corrected chi connectivity index (χ0v) is 14.4. The Labute approximate surface area is 138 Å². The Bertz CT molecular complexity index is 493. The van der Waals surface area contributed by atoms with E-state index in [9.17, 15) is 0 Å². The monoisotopic (exact) mass is 322 g/mol. The van der Waals surface area contributed by atoms with Crippen molar-refractivity contribution in [3.8, 4) is 0 Å². The van der Waals surface area contributed by atoms with Gasteiger partial charge in [-0.25, -0.2) is 4.99 Å². The molecule has 0 fully saturated rings. The lowest BCUT2D eigenvalue weighted by atomic mass is 10.2. The van der Waals surface area contributed by atoms with Crippen molar-refractivity contribution < 1.29 is 0 Å². The molecule has 0 amide bonds. The SMILES string of the molecule is CCCN(CCC)C(=N)CCCC(N)=Nc1cccc(Cl)c1. The topological polar surface area (TPSA) is 65.5 Å². The molecule has 3 N–H and O–H groups in total. The van der Waals surface area contributed by atoms with Gasteiger partial charge >= 0.3 is 0 Å². The smallest absolute Gasteiger partial charge is 0.0996 e. The van der Waals surface area contributed by atoms with Gasteiger partial charge in [-0.1, -0.05) is 31.5 Å². The minimum absolute atomic E-state index is 0.590. The predicted molar refractivity (Wildman–Crippen MR) is 96.5 cm³/mol. The van der Waals surface area contributed by atoms with Crippen molar-refractivity contribution in [2.45, 2.75) is 46.0 Å². The number of halogens is 1. The summed E-state index contributed by atoms with van der Waals surface area (Å²) in [5.74, 6) is 1.30. The summed E-state index contributed by atoms with van der Waals surface area (Å²) in [6, 6.07) is 7.34. The molecule has 0 atom stereocenters. The summed E-state index contributed by atoms with van der Waals surface area (Å²) in [5, 5.41) is 8.83. The Kier molecular flexibility index (Phi) is 8.60. The average Bonchev–Trinajstić information content (AvgIpc) is 2.47. The van der Waals surface area contributed by atoms with E-state index in [0.717, 1.165) is 44.5 Å². The van der Waals surface area contributed by atoms with Crippen LogP contribution in [0.5, 0.6) is 0 Å². The molecule has 0 saturated carbocycles. The number of amidine groups is 2. The van der Waals surface area contributed by atoms with Gasteiger partial charge in [0, 0.05) is 31.0 Å². The van der Waals surface area contributed by atoms with Crippen LogP contribution in [-0.2, 0) is 0 Å². The number of benzene rings is 1. The van der Waals surface area contributed by atoms with E-state index >= 15 is 0 Å². The Morgan fingerprint density at radius 2 is 1.91 bits per heavy atom. The zero-order chi connectivity index (χ0) is 16.4. The van der Waals surface area contributed by atoms with Crippen molar-refractivity contribution in [2.24, 2.45) is 10.7 Å². The normalized spacial score (nSPS) is 11.5. The van der Waals surface area contributed by atoms with Crippen LogP contribution >= 0.6 is 11.6 Å². The van der Waals surface area contributed by atoms with E-state index in [1.54, 1.807) is 6.07 Å². The molecule has 0 aliphatic heterocycles. The van der Waals surface area contributed by atoms with Gasteiger partial charge in [0.25, 0.3) is 0 Å². The van der Waals surface area contributed by atoms with Crippen LogP contribution < -0.4 is 5.73 Å². The molecular weight excluding hydrogens is 296 g/mol. The minimum atomic E-state index is 0.590. The Balaban J connectivity index is 2.43. The van der Waals surface area contributed by atoms with Gasteiger partial charge in [0.2, 0.25) is 0 Å². The van der Waals surface area contributed by atoms with Gasteiger partial charge in [-0.05, 0) is 37.5 Å². The summed E-state index contributed by atoms with van der Waals surface area (Å²) >= 11 is 5.92. The highest BCUT2D eigenvalue weighted by atomic mass is 35.5. The quantitative estimate of drug-likeness (QED) is 0.515. The van der Waals surface area contributed by atoms with Gasteiger partial charge < -0.3 is 10.6 Å². The fourth-order valence-electron chi connectivity index (χ4n) is 2.28. The molecule has 1 aromatic carbocycles. The summed E-state index contributed by atoms with van der Waals surface area (Å²) in [4.78, 5) is 6.52. The molecule has 122 valence electrons. The Hall–Kier alpha value is -1.55.